The zero-order valence-corrected chi connectivity index (χ0v) is 7.97. The zero-order valence-electron chi connectivity index (χ0n) is 6.39. The molecule has 0 saturated heterocycles. The van der Waals surface area contributed by atoms with Crippen LogP contribution in [0.5, 0.6) is 5.75 Å². The number of para-hydroxylation sites is 1. The second-order valence-corrected chi connectivity index (χ2v) is 3.36. The third-order valence-electron chi connectivity index (χ3n) is 1.22. The molecule has 3 heteroatoms. The van der Waals surface area contributed by atoms with Crippen molar-refractivity contribution in [1.82, 2.24) is 0 Å². The van der Waals surface area contributed by atoms with E-state index in [1.807, 2.05) is 0 Å². The summed E-state index contributed by atoms with van der Waals surface area (Å²) in [4.78, 5) is 0. The molecule has 0 bridgehead atoms. The first kappa shape index (κ1) is 9.26. The number of ether oxygens (including phenoxy) is 1. The van der Waals surface area contributed by atoms with E-state index in [0.717, 1.165) is 0 Å². The number of hydrogen-bond donors (Lipinski definition) is 0. The molecule has 0 spiro atoms. The van der Waals surface area contributed by atoms with Gasteiger partial charge in [0.05, 0.1) is 0 Å². The van der Waals surface area contributed by atoms with Crippen LogP contribution in [0.1, 0.15) is 0 Å². The van der Waals surface area contributed by atoms with Crippen LogP contribution in [-0.2, 0) is 0 Å². The predicted octanol–water partition coefficient (Wildman–Crippen LogP) is 3.11. The third kappa shape index (κ3) is 2.66. The summed E-state index contributed by atoms with van der Waals surface area (Å²) >= 11 is 3.11. The van der Waals surface area contributed by atoms with Gasteiger partial charge in [0.15, 0.2) is 11.6 Å². The molecule has 0 aliphatic carbocycles. The van der Waals surface area contributed by atoms with Crippen molar-refractivity contribution in [2.24, 2.45) is 0 Å². The molecule has 0 fully saturated rings. The molecule has 64 valence electrons. The maximum absolute atomic E-state index is 12.9. The van der Waals surface area contributed by atoms with E-state index in [-0.39, 0.29) is 18.2 Å². The number of benzene rings is 1. The normalized spacial score (nSPS) is 9.50. The van der Waals surface area contributed by atoms with Gasteiger partial charge >= 0.3 is 0 Å². The largest absolute Gasteiger partial charge is 0.485 e. The van der Waals surface area contributed by atoms with E-state index in [4.69, 9.17) is 4.74 Å². The first-order valence-electron chi connectivity index (χ1n) is 3.41. The Morgan fingerprint density at radius 2 is 2.17 bits per heavy atom. The van der Waals surface area contributed by atoms with Gasteiger partial charge in [-0.25, -0.2) is 4.39 Å². The summed E-state index contributed by atoms with van der Waals surface area (Å²) in [5.41, 5.74) is 0. The van der Waals surface area contributed by atoms with Gasteiger partial charge in [0.2, 0.25) is 0 Å². The highest BCUT2D eigenvalue weighted by atomic mass is 79.9. The van der Waals surface area contributed by atoms with Crippen molar-refractivity contribution in [3.63, 3.8) is 0 Å². The topological polar surface area (TPSA) is 9.23 Å². The van der Waals surface area contributed by atoms with Crippen molar-refractivity contribution in [2.45, 2.75) is 0 Å². The fourth-order valence-electron chi connectivity index (χ4n) is 0.718. The summed E-state index contributed by atoms with van der Waals surface area (Å²) in [6.07, 6.45) is 0. The van der Waals surface area contributed by atoms with Crippen molar-refractivity contribution in [3.05, 3.63) is 41.1 Å². The minimum Gasteiger partial charge on any atom is -0.485 e. The molecular weight excluding hydrogens is 223 g/mol. The molecule has 0 saturated carbocycles. The van der Waals surface area contributed by atoms with E-state index in [1.165, 1.54) is 6.07 Å². The molecule has 12 heavy (non-hydrogen) atoms. The molecule has 0 aromatic heterocycles. The van der Waals surface area contributed by atoms with Crippen LogP contribution in [0.4, 0.5) is 4.39 Å². The highest BCUT2D eigenvalue weighted by molar-refractivity contribution is 9.11. The van der Waals surface area contributed by atoms with E-state index in [0.29, 0.717) is 4.48 Å². The van der Waals surface area contributed by atoms with Gasteiger partial charge in [-0.05, 0) is 12.1 Å². The van der Waals surface area contributed by atoms with Crippen LogP contribution in [0.15, 0.2) is 35.3 Å². The van der Waals surface area contributed by atoms with Gasteiger partial charge in [0.25, 0.3) is 0 Å². The number of halogens is 2. The molecular formula is C9H8BrFO. The lowest BCUT2D eigenvalue weighted by atomic mass is 10.3. The standard InChI is InChI=1S/C9H8BrFO/c1-7(10)6-12-9-5-3-2-4-8(9)11/h2-5H,1,6H2. The Morgan fingerprint density at radius 1 is 1.50 bits per heavy atom. The van der Waals surface area contributed by atoms with E-state index in [2.05, 4.69) is 22.5 Å². The maximum atomic E-state index is 12.9. The minimum atomic E-state index is -0.355. The summed E-state index contributed by atoms with van der Waals surface area (Å²) < 4.78 is 18.6. The van der Waals surface area contributed by atoms with Crippen molar-refractivity contribution in [1.29, 1.82) is 0 Å². The molecule has 1 nitrogen and oxygen atoms in total. The third-order valence-corrected chi connectivity index (χ3v) is 1.45. The van der Waals surface area contributed by atoms with Gasteiger partial charge in [-0.2, -0.15) is 0 Å². The van der Waals surface area contributed by atoms with Crippen molar-refractivity contribution < 1.29 is 9.13 Å². The van der Waals surface area contributed by atoms with Crippen LogP contribution >= 0.6 is 15.9 Å². The molecule has 0 N–H and O–H groups in total. The number of hydrogen-bond acceptors (Lipinski definition) is 1. The van der Waals surface area contributed by atoms with Gasteiger partial charge in [-0.1, -0.05) is 34.6 Å². The first-order valence-corrected chi connectivity index (χ1v) is 4.20. The van der Waals surface area contributed by atoms with Gasteiger partial charge in [-0.15, -0.1) is 0 Å². The molecule has 1 rings (SSSR count). The minimum absolute atomic E-state index is 0.248. The van der Waals surface area contributed by atoms with Gasteiger partial charge < -0.3 is 4.74 Å². The Labute approximate surface area is 79.0 Å². The van der Waals surface area contributed by atoms with Crippen molar-refractivity contribution >= 4 is 15.9 Å². The molecule has 0 aliphatic heterocycles. The smallest absolute Gasteiger partial charge is 0.165 e. The quantitative estimate of drug-likeness (QED) is 0.776. The summed E-state index contributed by atoms with van der Waals surface area (Å²) in [6, 6.07) is 6.26. The second-order valence-electron chi connectivity index (χ2n) is 2.24. The molecule has 0 heterocycles. The Hall–Kier alpha value is -0.830. The van der Waals surface area contributed by atoms with Gasteiger partial charge in [0, 0.05) is 4.48 Å². The molecule has 0 amide bonds. The molecule has 0 radical (unpaired) electrons. The summed E-state index contributed by atoms with van der Waals surface area (Å²) in [7, 11) is 0. The molecule has 1 aromatic rings. The van der Waals surface area contributed by atoms with Crippen molar-refractivity contribution in [3.8, 4) is 5.75 Å². The summed E-state index contributed by atoms with van der Waals surface area (Å²) in [5.74, 6) is -0.107. The molecule has 1 aromatic carbocycles. The monoisotopic (exact) mass is 230 g/mol. The lowest BCUT2D eigenvalue weighted by molar-refractivity contribution is 0.340. The molecule has 0 atom stereocenters. The highest BCUT2D eigenvalue weighted by Gasteiger charge is 2.00. The van der Waals surface area contributed by atoms with Crippen LogP contribution in [0.3, 0.4) is 0 Å². The predicted molar refractivity (Wildman–Crippen MR) is 50.0 cm³/mol. The van der Waals surface area contributed by atoms with E-state index < -0.39 is 0 Å². The van der Waals surface area contributed by atoms with Crippen LogP contribution in [0, 0.1) is 5.82 Å². The molecule has 0 unspecified atom stereocenters. The van der Waals surface area contributed by atoms with Crippen LogP contribution in [-0.4, -0.2) is 6.61 Å². The summed E-state index contributed by atoms with van der Waals surface area (Å²) in [6.45, 7) is 3.85. The first-order chi connectivity index (χ1) is 5.70. The average Bonchev–Trinajstić information content (AvgIpc) is 2.03. The Kier molecular flexibility index (Phi) is 3.29. The second kappa shape index (κ2) is 4.26. The molecule has 0 aliphatic rings. The highest BCUT2D eigenvalue weighted by Crippen LogP contribution is 2.16. The van der Waals surface area contributed by atoms with E-state index >= 15 is 0 Å². The van der Waals surface area contributed by atoms with Crippen molar-refractivity contribution in [2.75, 3.05) is 6.61 Å². The maximum Gasteiger partial charge on any atom is 0.165 e. The zero-order chi connectivity index (χ0) is 8.97. The van der Waals surface area contributed by atoms with Crippen LogP contribution in [0.25, 0.3) is 0 Å². The van der Waals surface area contributed by atoms with Gasteiger partial charge in [0.1, 0.15) is 6.61 Å². The SMILES string of the molecule is C=C(Br)COc1ccccc1F. The lowest BCUT2D eigenvalue weighted by Crippen LogP contribution is -1.97. The van der Waals surface area contributed by atoms with Gasteiger partial charge in [-0.3, -0.25) is 0 Å². The lowest BCUT2D eigenvalue weighted by Gasteiger charge is -2.04. The fourth-order valence-corrected chi connectivity index (χ4v) is 0.832. The van der Waals surface area contributed by atoms with E-state index in [1.54, 1.807) is 18.2 Å². The Bertz CT molecular complexity index is 286. The Morgan fingerprint density at radius 3 is 2.75 bits per heavy atom. The van der Waals surface area contributed by atoms with Crippen LogP contribution < -0.4 is 4.74 Å². The fraction of sp³-hybridized carbons (Fsp3) is 0.111. The summed E-state index contributed by atoms with van der Waals surface area (Å²) in [5, 5.41) is 0. The number of rotatable bonds is 3. The van der Waals surface area contributed by atoms with Crippen LogP contribution in [0.2, 0.25) is 0 Å². The Balaban J connectivity index is 2.63. The van der Waals surface area contributed by atoms with E-state index in [9.17, 15) is 4.39 Å². The average molecular weight is 231 g/mol.